The van der Waals surface area contributed by atoms with Gasteiger partial charge in [-0.05, 0) is 25.1 Å². The number of ether oxygens (including phenoxy) is 1. The average Bonchev–Trinajstić information content (AvgIpc) is 3.20. The van der Waals surface area contributed by atoms with E-state index in [0.29, 0.717) is 22.9 Å². The van der Waals surface area contributed by atoms with Gasteiger partial charge in [-0.2, -0.15) is 13.2 Å². The molecule has 34 heavy (non-hydrogen) atoms. The summed E-state index contributed by atoms with van der Waals surface area (Å²) in [5, 5.41) is 0. The van der Waals surface area contributed by atoms with E-state index < -0.39 is 29.5 Å². The fourth-order valence-electron chi connectivity index (χ4n) is 4.13. The molecule has 12 heteroatoms. The Balaban J connectivity index is 1.55. The van der Waals surface area contributed by atoms with Crippen molar-refractivity contribution in [3.8, 4) is 0 Å². The molecule has 0 saturated carbocycles. The van der Waals surface area contributed by atoms with Crippen LogP contribution in [-0.2, 0) is 10.9 Å². The molecule has 4 aromatic rings. The molecule has 1 aliphatic heterocycles. The number of pyridine rings is 1. The highest BCUT2D eigenvalue weighted by Crippen LogP contribution is 2.32. The summed E-state index contributed by atoms with van der Waals surface area (Å²) < 4.78 is 60.8. The number of nitrogens with zero attached hydrogens (tertiary/aromatic N) is 5. The van der Waals surface area contributed by atoms with Crippen LogP contribution in [0.2, 0.25) is 0 Å². The number of benzene rings is 1. The Labute approximate surface area is 190 Å². The van der Waals surface area contributed by atoms with Crippen LogP contribution in [0.1, 0.15) is 33.4 Å². The van der Waals surface area contributed by atoms with Crippen molar-refractivity contribution in [2.24, 2.45) is 0 Å². The highest BCUT2D eigenvalue weighted by molar-refractivity contribution is 5.99. The zero-order valence-electron chi connectivity index (χ0n) is 17.8. The third-order valence-corrected chi connectivity index (χ3v) is 5.83. The molecule has 0 radical (unpaired) electrons. The SMILES string of the molecule is Cc1ncn2c1c(N)nc1cc(F)c(C(=O)N3CCOC[C@@H]3c3ccc(C(F)(F)F)cn3)cc12. The van der Waals surface area contributed by atoms with Crippen LogP contribution in [0.15, 0.2) is 36.8 Å². The van der Waals surface area contributed by atoms with Crippen molar-refractivity contribution in [1.82, 2.24) is 24.3 Å². The number of imidazole rings is 1. The zero-order valence-corrected chi connectivity index (χ0v) is 17.8. The minimum Gasteiger partial charge on any atom is -0.382 e. The molecule has 1 amide bonds. The van der Waals surface area contributed by atoms with Crippen molar-refractivity contribution in [1.29, 1.82) is 0 Å². The number of hydrogen-bond acceptors (Lipinski definition) is 6. The fraction of sp³-hybridized carbons (Fsp3) is 0.273. The van der Waals surface area contributed by atoms with E-state index in [-0.39, 0.29) is 42.4 Å². The van der Waals surface area contributed by atoms with Crippen LogP contribution in [0.25, 0.3) is 16.6 Å². The number of fused-ring (bicyclic) bond motifs is 3. The van der Waals surface area contributed by atoms with Gasteiger partial charge in [0.15, 0.2) is 0 Å². The minimum atomic E-state index is -4.53. The summed E-state index contributed by atoms with van der Waals surface area (Å²) in [6.45, 7) is 2.08. The smallest absolute Gasteiger partial charge is 0.382 e. The van der Waals surface area contributed by atoms with Crippen molar-refractivity contribution in [3.63, 3.8) is 0 Å². The Bertz CT molecular complexity index is 1420. The summed E-state index contributed by atoms with van der Waals surface area (Å²) in [7, 11) is 0. The van der Waals surface area contributed by atoms with Gasteiger partial charge >= 0.3 is 6.18 Å². The number of anilines is 1. The Morgan fingerprint density at radius 2 is 2.03 bits per heavy atom. The lowest BCUT2D eigenvalue weighted by atomic mass is 10.1. The maximum absolute atomic E-state index is 15.1. The second-order valence-corrected chi connectivity index (χ2v) is 7.93. The molecule has 1 atom stereocenters. The first-order chi connectivity index (χ1) is 16.1. The van der Waals surface area contributed by atoms with Crippen molar-refractivity contribution < 1.29 is 27.1 Å². The monoisotopic (exact) mass is 474 g/mol. The molecule has 1 aromatic carbocycles. The lowest BCUT2D eigenvalue weighted by Crippen LogP contribution is -2.44. The Morgan fingerprint density at radius 3 is 2.74 bits per heavy atom. The predicted octanol–water partition coefficient (Wildman–Crippen LogP) is 3.54. The molecule has 176 valence electrons. The second-order valence-electron chi connectivity index (χ2n) is 7.93. The molecule has 1 saturated heterocycles. The van der Waals surface area contributed by atoms with Crippen molar-refractivity contribution in [2.75, 3.05) is 25.5 Å². The molecule has 5 rings (SSSR count). The first kappa shape index (κ1) is 22.0. The number of nitrogen functional groups attached to an aromatic ring is 1. The van der Waals surface area contributed by atoms with Gasteiger partial charge in [0, 0.05) is 18.8 Å². The van der Waals surface area contributed by atoms with Crippen molar-refractivity contribution >= 4 is 28.3 Å². The number of alkyl halides is 3. The number of carbonyl (C=O) groups excluding carboxylic acids is 1. The first-order valence-corrected chi connectivity index (χ1v) is 10.3. The average molecular weight is 474 g/mol. The number of rotatable bonds is 2. The Morgan fingerprint density at radius 1 is 1.24 bits per heavy atom. The van der Waals surface area contributed by atoms with Gasteiger partial charge in [-0.25, -0.2) is 14.4 Å². The van der Waals surface area contributed by atoms with Crippen LogP contribution in [0, 0.1) is 12.7 Å². The van der Waals surface area contributed by atoms with Gasteiger partial charge in [-0.3, -0.25) is 14.2 Å². The highest BCUT2D eigenvalue weighted by atomic mass is 19.4. The summed E-state index contributed by atoms with van der Waals surface area (Å²) >= 11 is 0. The number of halogens is 4. The van der Waals surface area contributed by atoms with Crippen molar-refractivity contribution in [2.45, 2.75) is 19.1 Å². The summed E-state index contributed by atoms with van der Waals surface area (Å²) in [4.78, 5) is 27.1. The molecule has 3 aromatic heterocycles. The highest BCUT2D eigenvalue weighted by Gasteiger charge is 2.34. The molecular weight excluding hydrogens is 456 g/mol. The largest absolute Gasteiger partial charge is 0.417 e. The van der Waals surface area contributed by atoms with E-state index in [2.05, 4.69) is 15.0 Å². The maximum atomic E-state index is 15.1. The number of nitrogens with two attached hydrogens (primary N) is 1. The number of carbonyl (C=O) groups is 1. The van der Waals surface area contributed by atoms with Crippen LogP contribution < -0.4 is 5.73 Å². The Hall–Kier alpha value is -3.80. The number of amides is 1. The van der Waals surface area contributed by atoms with Crippen LogP contribution in [0.4, 0.5) is 23.4 Å². The first-order valence-electron chi connectivity index (χ1n) is 10.3. The van der Waals surface area contributed by atoms with E-state index >= 15 is 4.39 Å². The molecule has 8 nitrogen and oxygen atoms in total. The van der Waals surface area contributed by atoms with E-state index in [9.17, 15) is 18.0 Å². The maximum Gasteiger partial charge on any atom is 0.417 e. The van der Waals surface area contributed by atoms with Gasteiger partial charge < -0.3 is 15.4 Å². The molecule has 0 spiro atoms. The topological polar surface area (TPSA) is 98.6 Å². The lowest BCUT2D eigenvalue weighted by molar-refractivity contribution is -0.137. The second kappa shape index (κ2) is 7.90. The normalized spacial score (nSPS) is 17.0. The number of morpholine rings is 1. The molecular formula is C22H18F4N6O2. The molecule has 2 N–H and O–H groups in total. The lowest BCUT2D eigenvalue weighted by Gasteiger charge is -2.35. The van der Waals surface area contributed by atoms with Gasteiger partial charge in [-0.15, -0.1) is 0 Å². The van der Waals surface area contributed by atoms with Gasteiger partial charge in [0.05, 0.1) is 52.8 Å². The van der Waals surface area contributed by atoms with Crippen LogP contribution in [-0.4, -0.2) is 49.9 Å². The van der Waals surface area contributed by atoms with Crippen LogP contribution in [0.3, 0.4) is 0 Å². The third kappa shape index (κ3) is 3.59. The van der Waals surface area contributed by atoms with Crippen molar-refractivity contribution in [3.05, 3.63) is 65.1 Å². The third-order valence-electron chi connectivity index (χ3n) is 5.83. The molecule has 1 aliphatic rings. The van der Waals surface area contributed by atoms with Gasteiger partial charge in [0.1, 0.15) is 23.5 Å². The van der Waals surface area contributed by atoms with E-state index in [0.717, 1.165) is 12.1 Å². The Kier molecular flexibility index (Phi) is 5.12. The molecule has 1 fully saturated rings. The number of aryl methyl sites for hydroxylation is 1. The molecule has 0 unspecified atom stereocenters. The molecule has 4 heterocycles. The molecule has 0 aliphatic carbocycles. The standard InChI is InChI=1S/C22H18F4N6O2/c1-11-19-20(27)30-16-7-14(23)13(6-17(16)32(19)10-29-11)21(33)31-4-5-34-9-18(31)15-3-2-12(8-28-15)22(24,25)26/h2-3,6-8,10,18H,4-5,9H2,1H3,(H2,27,30)/t18-/m1/s1. The quantitative estimate of drug-likeness (QED) is 0.447. The fourth-order valence-corrected chi connectivity index (χ4v) is 4.13. The van der Waals surface area contributed by atoms with Gasteiger partial charge in [0.25, 0.3) is 5.91 Å². The van der Waals surface area contributed by atoms with Gasteiger partial charge in [-0.1, -0.05) is 0 Å². The predicted molar refractivity (Wildman–Crippen MR) is 113 cm³/mol. The summed E-state index contributed by atoms with van der Waals surface area (Å²) in [6, 6.07) is 3.81. The number of aromatic nitrogens is 4. The van der Waals surface area contributed by atoms with E-state index in [1.165, 1.54) is 23.4 Å². The summed E-state index contributed by atoms with van der Waals surface area (Å²) in [6.07, 6.45) is -2.31. The van der Waals surface area contributed by atoms with E-state index in [1.807, 2.05) is 0 Å². The summed E-state index contributed by atoms with van der Waals surface area (Å²) in [5.74, 6) is -1.26. The summed E-state index contributed by atoms with van der Waals surface area (Å²) in [5.41, 5.74) is 6.95. The minimum absolute atomic E-state index is 0.0162. The zero-order chi connectivity index (χ0) is 24.2. The van der Waals surface area contributed by atoms with Crippen LogP contribution >= 0.6 is 0 Å². The number of hydrogen-bond donors (Lipinski definition) is 1. The van der Waals surface area contributed by atoms with Crippen LogP contribution in [0.5, 0.6) is 0 Å². The van der Waals surface area contributed by atoms with E-state index in [4.69, 9.17) is 10.5 Å². The molecule has 0 bridgehead atoms. The van der Waals surface area contributed by atoms with Gasteiger partial charge in [0.2, 0.25) is 0 Å². The van der Waals surface area contributed by atoms with E-state index in [1.54, 1.807) is 11.3 Å².